The van der Waals surface area contributed by atoms with E-state index in [4.69, 9.17) is 16.3 Å². The lowest BCUT2D eigenvalue weighted by Gasteiger charge is -2.15. The number of hydrogen-bond donors (Lipinski definition) is 0. The Morgan fingerprint density at radius 3 is 2.25 bits per heavy atom. The van der Waals surface area contributed by atoms with Crippen molar-refractivity contribution in [3.8, 4) is 5.75 Å². The number of rotatable bonds is 6. The number of alkyl halides is 1. The van der Waals surface area contributed by atoms with Crippen LogP contribution in [0.15, 0.2) is 48.5 Å². The summed E-state index contributed by atoms with van der Waals surface area (Å²) in [5.41, 5.74) is 3.94. The molecule has 0 saturated carbocycles. The molecule has 0 spiro atoms. The van der Waals surface area contributed by atoms with E-state index in [0.717, 1.165) is 18.6 Å². The normalized spacial score (nSPS) is 12.2. The summed E-state index contributed by atoms with van der Waals surface area (Å²) >= 11 is 6.15. The van der Waals surface area contributed by atoms with E-state index < -0.39 is 0 Å². The van der Waals surface area contributed by atoms with E-state index in [1.165, 1.54) is 16.7 Å². The average Bonchev–Trinajstić information content (AvgIpc) is 2.47. The first-order valence-corrected chi connectivity index (χ1v) is 7.49. The number of ether oxygens (including phenoxy) is 1. The molecule has 2 rings (SSSR count). The van der Waals surface area contributed by atoms with Crippen LogP contribution in [0.25, 0.3) is 0 Å². The predicted octanol–water partition coefficient (Wildman–Crippen LogP) is 4.64. The van der Waals surface area contributed by atoms with E-state index in [1.807, 2.05) is 12.1 Å². The van der Waals surface area contributed by atoms with Crippen molar-refractivity contribution in [1.82, 2.24) is 0 Å². The Labute approximate surface area is 126 Å². The fraction of sp³-hybridized carbons (Fsp3) is 0.333. The van der Waals surface area contributed by atoms with Crippen molar-refractivity contribution >= 4 is 11.6 Å². The molecule has 0 aromatic heterocycles. The van der Waals surface area contributed by atoms with Gasteiger partial charge in [-0.1, -0.05) is 42.0 Å². The zero-order valence-electron chi connectivity index (χ0n) is 12.1. The van der Waals surface area contributed by atoms with Gasteiger partial charge < -0.3 is 4.74 Å². The first-order valence-electron chi connectivity index (χ1n) is 6.95. The largest absolute Gasteiger partial charge is 0.497 e. The van der Waals surface area contributed by atoms with Crippen molar-refractivity contribution in [2.75, 3.05) is 13.0 Å². The SMILES string of the molecule is COc1cccc(CC(CCl)Cc2cccc(C)c2)c1. The van der Waals surface area contributed by atoms with Gasteiger partial charge >= 0.3 is 0 Å². The Bertz CT molecular complexity index is 551. The maximum absolute atomic E-state index is 6.15. The molecule has 0 N–H and O–H groups in total. The summed E-state index contributed by atoms with van der Waals surface area (Å²) in [5, 5.41) is 0. The molecule has 1 atom stereocenters. The molecule has 0 radical (unpaired) electrons. The van der Waals surface area contributed by atoms with Crippen LogP contribution >= 0.6 is 11.6 Å². The molecular weight excluding hydrogens is 268 g/mol. The zero-order chi connectivity index (χ0) is 14.4. The molecule has 106 valence electrons. The van der Waals surface area contributed by atoms with Gasteiger partial charge in [0.25, 0.3) is 0 Å². The summed E-state index contributed by atoms with van der Waals surface area (Å²) in [6.07, 6.45) is 2.00. The molecule has 0 aliphatic heterocycles. The van der Waals surface area contributed by atoms with E-state index in [-0.39, 0.29) is 0 Å². The highest BCUT2D eigenvalue weighted by Crippen LogP contribution is 2.20. The fourth-order valence-electron chi connectivity index (χ4n) is 2.49. The van der Waals surface area contributed by atoms with Crippen molar-refractivity contribution in [3.05, 3.63) is 65.2 Å². The lowest BCUT2D eigenvalue weighted by atomic mass is 9.93. The molecule has 0 bridgehead atoms. The summed E-state index contributed by atoms with van der Waals surface area (Å²) < 4.78 is 5.27. The molecule has 0 aliphatic rings. The van der Waals surface area contributed by atoms with Crippen LogP contribution in [0.3, 0.4) is 0 Å². The van der Waals surface area contributed by atoms with Gasteiger partial charge in [-0.15, -0.1) is 11.6 Å². The number of benzene rings is 2. The minimum absolute atomic E-state index is 0.450. The van der Waals surface area contributed by atoms with Crippen LogP contribution in [-0.4, -0.2) is 13.0 Å². The Hall–Kier alpha value is -1.47. The fourth-order valence-corrected chi connectivity index (χ4v) is 2.70. The number of methoxy groups -OCH3 is 1. The van der Waals surface area contributed by atoms with Crippen LogP contribution in [0.2, 0.25) is 0 Å². The molecule has 0 aliphatic carbocycles. The molecule has 2 heteroatoms. The zero-order valence-corrected chi connectivity index (χ0v) is 12.9. The molecule has 2 aromatic rings. The van der Waals surface area contributed by atoms with Gasteiger partial charge in [-0.05, 0) is 48.9 Å². The highest BCUT2D eigenvalue weighted by molar-refractivity contribution is 6.18. The Kier molecular flexibility index (Phi) is 5.49. The summed E-state index contributed by atoms with van der Waals surface area (Å²) in [6, 6.07) is 16.9. The third kappa shape index (κ3) is 4.28. The van der Waals surface area contributed by atoms with Crippen molar-refractivity contribution in [2.24, 2.45) is 5.92 Å². The second-order valence-electron chi connectivity index (χ2n) is 5.27. The van der Waals surface area contributed by atoms with Crippen molar-refractivity contribution in [3.63, 3.8) is 0 Å². The highest BCUT2D eigenvalue weighted by atomic mass is 35.5. The Balaban J connectivity index is 2.05. The van der Waals surface area contributed by atoms with Crippen LogP contribution in [0.5, 0.6) is 5.75 Å². The number of halogens is 1. The highest BCUT2D eigenvalue weighted by Gasteiger charge is 2.10. The number of hydrogen-bond acceptors (Lipinski definition) is 1. The third-order valence-electron chi connectivity index (χ3n) is 3.48. The van der Waals surface area contributed by atoms with E-state index in [9.17, 15) is 0 Å². The molecule has 20 heavy (non-hydrogen) atoms. The number of aryl methyl sites for hydroxylation is 1. The van der Waals surface area contributed by atoms with E-state index in [1.54, 1.807) is 7.11 Å². The summed E-state index contributed by atoms with van der Waals surface area (Å²) in [6.45, 7) is 2.13. The van der Waals surface area contributed by atoms with Gasteiger partial charge in [0.15, 0.2) is 0 Å². The van der Waals surface area contributed by atoms with Crippen LogP contribution in [0.4, 0.5) is 0 Å². The molecular formula is C18H21ClO. The lowest BCUT2D eigenvalue weighted by molar-refractivity contribution is 0.414. The van der Waals surface area contributed by atoms with Crippen LogP contribution < -0.4 is 4.74 Å². The van der Waals surface area contributed by atoms with Crippen LogP contribution in [0, 0.1) is 12.8 Å². The minimum Gasteiger partial charge on any atom is -0.497 e. The first-order chi connectivity index (χ1) is 9.71. The topological polar surface area (TPSA) is 9.23 Å². The maximum atomic E-state index is 6.15. The summed E-state index contributed by atoms with van der Waals surface area (Å²) in [5.74, 6) is 2.03. The quantitative estimate of drug-likeness (QED) is 0.704. The second-order valence-corrected chi connectivity index (χ2v) is 5.58. The average molecular weight is 289 g/mol. The van der Waals surface area contributed by atoms with Gasteiger partial charge in [0.2, 0.25) is 0 Å². The van der Waals surface area contributed by atoms with Crippen LogP contribution in [-0.2, 0) is 12.8 Å². The molecule has 0 saturated heterocycles. The van der Waals surface area contributed by atoms with Crippen LogP contribution in [0.1, 0.15) is 16.7 Å². The van der Waals surface area contributed by atoms with E-state index >= 15 is 0 Å². The summed E-state index contributed by atoms with van der Waals surface area (Å²) in [7, 11) is 1.70. The van der Waals surface area contributed by atoms with Gasteiger partial charge in [-0.25, -0.2) is 0 Å². The van der Waals surface area contributed by atoms with E-state index in [2.05, 4.69) is 43.3 Å². The Morgan fingerprint density at radius 2 is 1.65 bits per heavy atom. The molecule has 1 nitrogen and oxygen atoms in total. The summed E-state index contributed by atoms with van der Waals surface area (Å²) in [4.78, 5) is 0. The minimum atomic E-state index is 0.450. The Morgan fingerprint density at radius 1 is 1.00 bits per heavy atom. The van der Waals surface area contributed by atoms with Crippen molar-refractivity contribution in [2.45, 2.75) is 19.8 Å². The van der Waals surface area contributed by atoms with Gasteiger partial charge in [0.1, 0.15) is 5.75 Å². The van der Waals surface area contributed by atoms with Crippen molar-refractivity contribution < 1.29 is 4.74 Å². The lowest BCUT2D eigenvalue weighted by Crippen LogP contribution is -2.10. The predicted molar refractivity (Wildman–Crippen MR) is 85.8 cm³/mol. The molecule has 1 unspecified atom stereocenters. The molecule has 2 aromatic carbocycles. The van der Waals surface area contributed by atoms with Gasteiger partial charge in [-0.2, -0.15) is 0 Å². The standard InChI is InChI=1S/C18H21ClO/c1-14-5-3-6-15(9-14)10-17(13-19)11-16-7-4-8-18(12-16)20-2/h3-9,12,17H,10-11,13H2,1-2H3. The second kappa shape index (κ2) is 7.35. The molecule has 0 amide bonds. The smallest absolute Gasteiger partial charge is 0.119 e. The monoisotopic (exact) mass is 288 g/mol. The molecule has 0 heterocycles. The third-order valence-corrected chi connectivity index (χ3v) is 3.92. The van der Waals surface area contributed by atoms with E-state index in [0.29, 0.717) is 11.8 Å². The van der Waals surface area contributed by atoms with Gasteiger partial charge in [-0.3, -0.25) is 0 Å². The van der Waals surface area contributed by atoms with Crippen molar-refractivity contribution in [1.29, 1.82) is 0 Å². The van der Waals surface area contributed by atoms with Gasteiger partial charge in [0.05, 0.1) is 7.11 Å². The molecule has 0 fully saturated rings. The first kappa shape index (κ1) is 14.9. The maximum Gasteiger partial charge on any atom is 0.119 e. The van der Waals surface area contributed by atoms with Gasteiger partial charge in [0, 0.05) is 5.88 Å².